The topological polar surface area (TPSA) is 111 Å². The fourth-order valence-electron chi connectivity index (χ4n) is 3.44. The lowest BCUT2D eigenvalue weighted by atomic mass is 10.0. The summed E-state index contributed by atoms with van der Waals surface area (Å²) in [6.45, 7) is 8.89. The quantitative estimate of drug-likeness (QED) is 0.335. The number of anilines is 1. The van der Waals surface area contributed by atoms with Crippen molar-refractivity contribution in [3.05, 3.63) is 45.1 Å². The highest BCUT2D eigenvalue weighted by molar-refractivity contribution is 6.31. The zero-order chi connectivity index (χ0) is 25.0. The first kappa shape index (κ1) is 25.5. The molecule has 2 N–H and O–H groups in total. The summed E-state index contributed by atoms with van der Waals surface area (Å²) in [5, 5.41) is 5.42. The summed E-state index contributed by atoms with van der Waals surface area (Å²) < 4.78 is 11.1. The van der Waals surface area contributed by atoms with Gasteiger partial charge >= 0.3 is 6.09 Å². The van der Waals surface area contributed by atoms with Crippen molar-refractivity contribution in [2.45, 2.75) is 71.9 Å². The minimum Gasteiger partial charge on any atom is -0.453 e. The molecular formula is C25H30ClN3O5. The number of nitrogens with zero attached hydrogens (tertiary/aromatic N) is 1. The maximum Gasteiger partial charge on any atom is 0.408 e. The number of fused-ring (bicyclic) bond motifs is 2. The third kappa shape index (κ3) is 6.26. The van der Waals surface area contributed by atoms with Gasteiger partial charge < -0.3 is 19.8 Å². The van der Waals surface area contributed by atoms with E-state index < -0.39 is 23.6 Å². The van der Waals surface area contributed by atoms with Crippen molar-refractivity contribution in [1.82, 2.24) is 10.3 Å². The summed E-state index contributed by atoms with van der Waals surface area (Å²) in [6.07, 6.45) is 2.93. The molecule has 2 aliphatic rings. The molecule has 3 rings (SSSR count). The second kappa shape index (κ2) is 10.4. The van der Waals surface area contributed by atoms with Crippen LogP contribution in [-0.4, -0.2) is 28.6 Å². The summed E-state index contributed by atoms with van der Waals surface area (Å²) >= 11 is 6.31. The zero-order valence-electron chi connectivity index (χ0n) is 20.1. The molecule has 0 saturated heterocycles. The number of carbonyl (C=O) groups excluding carboxylic acids is 2. The molecule has 0 unspecified atom stereocenters. The van der Waals surface area contributed by atoms with E-state index in [9.17, 15) is 14.4 Å². The molecule has 0 radical (unpaired) electrons. The molecule has 8 nitrogen and oxygen atoms in total. The van der Waals surface area contributed by atoms with E-state index in [1.807, 2.05) is 0 Å². The number of ether oxygens (including phenoxy) is 1. The van der Waals surface area contributed by atoms with E-state index in [-0.39, 0.29) is 10.5 Å². The van der Waals surface area contributed by atoms with Gasteiger partial charge in [-0.05, 0) is 52.7 Å². The molecule has 1 aromatic rings. The summed E-state index contributed by atoms with van der Waals surface area (Å²) in [4.78, 5) is 41.5. The number of rotatable bonds is 7. The molecule has 34 heavy (non-hydrogen) atoms. The highest BCUT2D eigenvalue weighted by Crippen LogP contribution is 2.32. The second-order valence-corrected chi connectivity index (χ2v) is 9.60. The minimum absolute atomic E-state index is 0.181. The van der Waals surface area contributed by atoms with Crippen LogP contribution in [0.1, 0.15) is 59.4 Å². The molecule has 0 saturated carbocycles. The Labute approximate surface area is 203 Å². The van der Waals surface area contributed by atoms with Gasteiger partial charge in [-0.2, -0.15) is 0 Å². The van der Waals surface area contributed by atoms with Crippen LogP contribution in [0, 0.1) is 0 Å². The Bertz CT molecular complexity index is 1230. The molecule has 0 bridgehead atoms. The van der Waals surface area contributed by atoms with Gasteiger partial charge in [0.2, 0.25) is 11.3 Å². The van der Waals surface area contributed by atoms with Crippen LogP contribution in [0.15, 0.2) is 33.5 Å². The summed E-state index contributed by atoms with van der Waals surface area (Å²) in [7, 11) is 0. The smallest absolute Gasteiger partial charge is 0.408 e. The molecule has 1 aliphatic heterocycles. The third-order valence-corrected chi connectivity index (χ3v) is 5.51. The van der Waals surface area contributed by atoms with Gasteiger partial charge in [-0.1, -0.05) is 31.4 Å². The van der Waals surface area contributed by atoms with Gasteiger partial charge in [-0.3, -0.25) is 9.59 Å². The van der Waals surface area contributed by atoms with Crippen LogP contribution in [0.25, 0.3) is 22.6 Å². The first-order valence-corrected chi connectivity index (χ1v) is 11.7. The Morgan fingerprint density at radius 1 is 1.21 bits per heavy atom. The van der Waals surface area contributed by atoms with Gasteiger partial charge in [0.1, 0.15) is 22.9 Å². The van der Waals surface area contributed by atoms with Gasteiger partial charge in [0, 0.05) is 23.4 Å². The van der Waals surface area contributed by atoms with Crippen LogP contribution in [0.2, 0.25) is 5.02 Å². The molecule has 9 heteroatoms. The Kier molecular flexibility index (Phi) is 7.82. The minimum atomic E-state index is -0.826. The number of aromatic nitrogens is 1. The number of amides is 2. The van der Waals surface area contributed by atoms with E-state index in [1.54, 1.807) is 45.9 Å². The second-order valence-electron chi connectivity index (χ2n) is 9.22. The van der Waals surface area contributed by atoms with Crippen molar-refractivity contribution in [1.29, 1.82) is 0 Å². The molecule has 182 valence electrons. The first-order chi connectivity index (χ1) is 16.0. The van der Waals surface area contributed by atoms with Crippen molar-refractivity contribution in [3.63, 3.8) is 0 Å². The van der Waals surface area contributed by atoms with E-state index in [2.05, 4.69) is 22.5 Å². The molecule has 1 aliphatic carbocycles. The Morgan fingerprint density at radius 2 is 1.94 bits per heavy atom. The predicted octanol–water partition coefficient (Wildman–Crippen LogP) is 5.53. The predicted molar refractivity (Wildman–Crippen MR) is 133 cm³/mol. The molecule has 1 heterocycles. The SMILES string of the molecule is CCCCCc1c2nc3ccc(NC(=O)[C@H](C)NC(=O)OC(C)(C)C)cc3oc-2cc(=O)c1Cl. The average Bonchev–Trinajstić information content (AvgIpc) is 2.74. The number of nitrogens with one attached hydrogen (secondary N) is 2. The van der Waals surface area contributed by atoms with E-state index in [0.29, 0.717) is 40.2 Å². The van der Waals surface area contributed by atoms with Crippen LogP contribution in [-0.2, 0) is 16.0 Å². The lowest BCUT2D eigenvalue weighted by molar-refractivity contribution is -0.117. The number of carbonyl (C=O) groups is 2. The van der Waals surface area contributed by atoms with Gasteiger partial charge in [0.05, 0.1) is 5.02 Å². The van der Waals surface area contributed by atoms with E-state index in [4.69, 9.17) is 20.8 Å². The lowest BCUT2D eigenvalue weighted by Gasteiger charge is -2.21. The van der Waals surface area contributed by atoms with Crippen LogP contribution in [0.4, 0.5) is 10.5 Å². The highest BCUT2D eigenvalue weighted by Gasteiger charge is 2.22. The molecule has 2 amide bonds. The fourth-order valence-corrected chi connectivity index (χ4v) is 3.68. The maximum absolute atomic E-state index is 12.5. The van der Waals surface area contributed by atoms with E-state index in [0.717, 1.165) is 19.3 Å². The van der Waals surface area contributed by atoms with Crippen LogP contribution < -0.4 is 16.1 Å². The van der Waals surface area contributed by atoms with E-state index in [1.165, 1.54) is 6.07 Å². The Balaban J connectivity index is 1.84. The van der Waals surface area contributed by atoms with Crippen molar-refractivity contribution in [3.8, 4) is 11.5 Å². The standard InChI is InChI=1S/C25H30ClN3O5/c1-6-7-8-9-16-21(26)18(30)13-20-22(16)29-17-11-10-15(12-19(17)33-20)28-23(31)14(2)27-24(32)34-25(3,4)5/h10-14H,6-9H2,1-5H3,(H,27,32)(H,28,31)/t14-/m0/s1. The number of hydrogen-bond acceptors (Lipinski definition) is 6. The summed E-state index contributed by atoms with van der Waals surface area (Å²) in [5.41, 5.74) is 1.72. The monoisotopic (exact) mass is 487 g/mol. The van der Waals surface area contributed by atoms with Gasteiger partial charge in [0.25, 0.3) is 0 Å². The fraction of sp³-hybridized carbons (Fsp3) is 0.440. The Hall–Kier alpha value is -3.13. The molecule has 0 fully saturated rings. The van der Waals surface area contributed by atoms with Crippen molar-refractivity contribution in [2.24, 2.45) is 0 Å². The summed E-state index contributed by atoms with van der Waals surface area (Å²) in [6, 6.07) is 5.54. The number of benzene rings is 2. The number of alkyl carbamates (subject to hydrolysis) is 1. The third-order valence-electron chi connectivity index (χ3n) is 5.10. The molecular weight excluding hydrogens is 458 g/mol. The zero-order valence-corrected chi connectivity index (χ0v) is 20.8. The Morgan fingerprint density at radius 3 is 2.62 bits per heavy atom. The molecule has 1 atom stereocenters. The molecule has 0 spiro atoms. The van der Waals surface area contributed by atoms with Gasteiger partial charge in [-0.15, -0.1) is 0 Å². The van der Waals surface area contributed by atoms with Crippen molar-refractivity contribution < 1.29 is 18.7 Å². The molecule has 0 aromatic heterocycles. The van der Waals surface area contributed by atoms with Crippen LogP contribution in [0.5, 0.6) is 0 Å². The largest absolute Gasteiger partial charge is 0.453 e. The molecule has 1 aromatic carbocycles. The van der Waals surface area contributed by atoms with Crippen molar-refractivity contribution in [2.75, 3.05) is 5.32 Å². The normalized spacial score (nSPS) is 12.5. The number of hydrogen-bond donors (Lipinski definition) is 2. The number of halogens is 1. The van der Waals surface area contributed by atoms with Crippen LogP contribution >= 0.6 is 11.6 Å². The van der Waals surface area contributed by atoms with E-state index >= 15 is 0 Å². The van der Waals surface area contributed by atoms with Crippen LogP contribution in [0.3, 0.4) is 0 Å². The lowest BCUT2D eigenvalue weighted by Crippen LogP contribution is -2.43. The first-order valence-electron chi connectivity index (χ1n) is 11.3. The number of unbranched alkanes of at least 4 members (excludes halogenated alkanes) is 2. The van der Waals surface area contributed by atoms with Gasteiger partial charge in [0.15, 0.2) is 11.3 Å². The summed E-state index contributed by atoms with van der Waals surface area (Å²) in [5.74, 6) is -0.0809. The average molecular weight is 488 g/mol. The highest BCUT2D eigenvalue weighted by atomic mass is 35.5. The maximum atomic E-state index is 12.5. The van der Waals surface area contributed by atoms with Gasteiger partial charge in [-0.25, -0.2) is 9.78 Å². The van der Waals surface area contributed by atoms with Crippen molar-refractivity contribution >= 4 is 40.4 Å².